The number of H-pyrrole nitrogens is 1. The van der Waals surface area contributed by atoms with E-state index in [9.17, 15) is 14.4 Å². The molecule has 1 aliphatic heterocycles. The fourth-order valence-corrected chi connectivity index (χ4v) is 3.93. The number of rotatable bonds is 7. The zero-order chi connectivity index (χ0) is 24.9. The minimum absolute atomic E-state index is 0.0596. The molecule has 0 radical (unpaired) electrons. The van der Waals surface area contributed by atoms with E-state index in [1.165, 1.54) is 17.0 Å². The first-order valence-electron chi connectivity index (χ1n) is 11.3. The van der Waals surface area contributed by atoms with Crippen LogP contribution < -0.4 is 16.2 Å². The molecule has 0 bridgehead atoms. The van der Waals surface area contributed by atoms with Gasteiger partial charge in [0.1, 0.15) is 11.9 Å². The van der Waals surface area contributed by atoms with E-state index in [0.717, 1.165) is 28.1 Å². The van der Waals surface area contributed by atoms with Gasteiger partial charge >= 0.3 is 0 Å². The first-order valence-corrected chi connectivity index (χ1v) is 11.3. The van der Waals surface area contributed by atoms with Crippen LogP contribution in [0.5, 0.6) is 0 Å². The molecule has 36 heavy (non-hydrogen) atoms. The molecule has 1 aliphatic rings. The van der Waals surface area contributed by atoms with Crippen molar-refractivity contribution in [2.24, 2.45) is 0 Å². The Hall–Kier alpha value is -5.05. The van der Waals surface area contributed by atoms with E-state index in [4.69, 9.17) is 0 Å². The highest BCUT2D eigenvalue weighted by molar-refractivity contribution is 6.34. The van der Waals surface area contributed by atoms with Gasteiger partial charge in [-0.2, -0.15) is 0 Å². The van der Waals surface area contributed by atoms with Crippen LogP contribution >= 0.6 is 0 Å². The molecule has 4 heterocycles. The maximum atomic E-state index is 12.7. The Morgan fingerprint density at radius 2 is 1.94 bits per heavy atom. The number of pyridine rings is 1. The zero-order valence-electron chi connectivity index (χ0n) is 19.1. The number of hydrogen-bond acceptors (Lipinski definition) is 5. The van der Waals surface area contributed by atoms with E-state index in [1.807, 2.05) is 42.5 Å². The van der Waals surface area contributed by atoms with Crippen LogP contribution in [0.4, 0.5) is 5.69 Å². The summed E-state index contributed by atoms with van der Waals surface area (Å²) >= 11 is 0. The standard InChI is InChI=1S/C27H22N6O3/c34-25(22-6-3-11-33(27(22)36)16-19-14-28-17-29-15-19)31-10-1-4-18-7-8-21-23(13-20-5-2-9-30-20)26(35)32-24(21)12-18/h1-9,11-15,17,30H,10,16H2,(H,31,34)(H,32,35)/b4-1+,23-13?. The summed E-state index contributed by atoms with van der Waals surface area (Å²) < 4.78 is 1.45. The Morgan fingerprint density at radius 3 is 2.75 bits per heavy atom. The molecule has 9 nitrogen and oxygen atoms in total. The third-order valence-electron chi connectivity index (χ3n) is 5.67. The van der Waals surface area contributed by atoms with Crippen molar-refractivity contribution >= 4 is 35.2 Å². The summed E-state index contributed by atoms with van der Waals surface area (Å²) in [6.45, 7) is 0.512. The van der Waals surface area contributed by atoms with Crippen LogP contribution in [0.3, 0.4) is 0 Å². The molecule has 0 fully saturated rings. The SMILES string of the molecule is O=C1Nc2cc(/C=C/CNC(=O)c3cccn(Cc4cncnc4)c3=O)ccc2C1=Cc1ccc[nH]1. The second kappa shape index (κ2) is 10.1. The maximum absolute atomic E-state index is 12.7. The third-order valence-corrected chi connectivity index (χ3v) is 5.67. The molecule has 3 aromatic heterocycles. The number of amides is 2. The second-order valence-corrected chi connectivity index (χ2v) is 8.16. The molecule has 0 aliphatic carbocycles. The molecular formula is C27H22N6O3. The molecular weight excluding hydrogens is 456 g/mol. The van der Waals surface area contributed by atoms with Crippen LogP contribution in [-0.4, -0.2) is 37.9 Å². The van der Waals surface area contributed by atoms with Gasteiger partial charge in [0.2, 0.25) is 0 Å². The van der Waals surface area contributed by atoms with E-state index in [-0.39, 0.29) is 30.1 Å². The van der Waals surface area contributed by atoms with E-state index in [2.05, 4.69) is 25.6 Å². The number of aromatic amines is 1. The van der Waals surface area contributed by atoms with Crippen molar-refractivity contribution in [3.8, 4) is 0 Å². The van der Waals surface area contributed by atoms with Crippen LogP contribution in [-0.2, 0) is 11.3 Å². The molecule has 9 heteroatoms. The Kier molecular flexibility index (Phi) is 6.35. The number of nitrogens with zero attached hydrogens (tertiary/aromatic N) is 3. The van der Waals surface area contributed by atoms with Gasteiger partial charge in [0, 0.05) is 53.8 Å². The molecule has 5 rings (SSSR count). The number of aromatic nitrogens is 4. The second-order valence-electron chi connectivity index (χ2n) is 8.16. The lowest BCUT2D eigenvalue weighted by Crippen LogP contribution is -2.33. The maximum Gasteiger partial charge on any atom is 0.263 e. The van der Waals surface area contributed by atoms with Crippen molar-refractivity contribution in [2.45, 2.75) is 6.54 Å². The Morgan fingerprint density at radius 1 is 1.08 bits per heavy atom. The summed E-state index contributed by atoms with van der Waals surface area (Å²) in [6, 6.07) is 12.6. The fraction of sp³-hybridized carbons (Fsp3) is 0.0741. The lowest BCUT2D eigenvalue weighted by atomic mass is 10.0. The molecule has 1 aromatic carbocycles. The topological polar surface area (TPSA) is 122 Å². The normalized spacial score (nSPS) is 13.7. The Labute approximate surface area is 206 Å². The van der Waals surface area contributed by atoms with Gasteiger partial charge in [0.15, 0.2) is 0 Å². The smallest absolute Gasteiger partial charge is 0.263 e. The first kappa shape index (κ1) is 22.7. The highest BCUT2D eigenvalue weighted by Crippen LogP contribution is 2.33. The minimum atomic E-state index is -0.455. The van der Waals surface area contributed by atoms with E-state index in [0.29, 0.717) is 5.57 Å². The average molecular weight is 479 g/mol. The molecule has 0 atom stereocenters. The average Bonchev–Trinajstić information content (AvgIpc) is 3.51. The highest BCUT2D eigenvalue weighted by Gasteiger charge is 2.24. The van der Waals surface area contributed by atoms with Gasteiger partial charge < -0.3 is 20.2 Å². The summed E-state index contributed by atoms with van der Waals surface area (Å²) in [7, 11) is 0. The van der Waals surface area contributed by atoms with Crippen molar-refractivity contribution in [1.29, 1.82) is 0 Å². The summed E-state index contributed by atoms with van der Waals surface area (Å²) in [5.74, 6) is -0.607. The number of fused-ring (bicyclic) bond motifs is 1. The van der Waals surface area contributed by atoms with Crippen LogP contribution in [0.15, 0.2) is 84.4 Å². The molecule has 0 saturated carbocycles. The monoisotopic (exact) mass is 478 g/mol. The lowest BCUT2D eigenvalue weighted by Gasteiger charge is -2.08. The predicted octanol–water partition coefficient (Wildman–Crippen LogP) is 2.95. The molecule has 0 spiro atoms. The van der Waals surface area contributed by atoms with Crippen molar-refractivity contribution in [3.63, 3.8) is 0 Å². The number of nitrogens with one attached hydrogen (secondary N) is 3. The van der Waals surface area contributed by atoms with Crippen molar-refractivity contribution in [3.05, 3.63) is 118 Å². The molecule has 0 unspecified atom stereocenters. The molecule has 178 valence electrons. The molecule has 4 aromatic rings. The quantitative estimate of drug-likeness (QED) is 0.353. The van der Waals surface area contributed by atoms with Crippen LogP contribution in [0.2, 0.25) is 0 Å². The first-order chi connectivity index (χ1) is 17.6. The third kappa shape index (κ3) is 4.90. The number of carbonyl (C=O) groups excluding carboxylic acids is 2. The van der Waals surface area contributed by atoms with Gasteiger partial charge in [-0.25, -0.2) is 9.97 Å². The summed E-state index contributed by atoms with van der Waals surface area (Å²) in [4.78, 5) is 48.7. The van der Waals surface area contributed by atoms with Gasteiger partial charge in [-0.3, -0.25) is 14.4 Å². The summed E-state index contributed by atoms with van der Waals surface area (Å²) in [5.41, 5.74) is 4.33. The van der Waals surface area contributed by atoms with E-state index in [1.54, 1.807) is 36.9 Å². The van der Waals surface area contributed by atoms with Gasteiger partial charge in [0.25, 0.3) is 17.4 Å². The fourth-order valence-electron chi connectivity index (χ4n) is 3.93. The van der Waals surface area contributed by atoms with Crippen LogP contribution in [0.1, 0.15) is 32.7 Å². The largest absolute Gasteiger partial charge is 0.362 e. The van der Waals surface area contributed by atoms with Crippen molar-refractivity contribution in [2.75, 3.05) is 11.9 Å². The van der Waals surface area contributed by atoms with Gasteiger partial charge in [0.05, 0.1) is 12.1 Å². The van der Waals surface area contributed by atoms with Crippen molar-refractivity contribution < 1.29 is 9.59 Å². The lowest BCUT2D eigenvalue weighted by molar-refractivity contribution is -0.110. The van der Waals surface area contributed by atoms with Gasteiger partial charge in [-0.15, -0.1) is 0 Å². The van der Waals surface area contributed by atoms with Crippen LogP contribution in [0, 0.1) is 0 Å². The highest BCUT2D eigenvalue weighted by atomic mass is 16.2. The number of carbonyl (C=O) groups is 2. The minimum Gasteiger partial charge on any atom is -0.362 e. The molecule has 3 N–H and O–H groups in total. The van der Waals surface area contributed by atoms with Crippen LogP contribution in [0.25, 0.3) is 17.7 Å². The zero-order valence-corrected chi connectivity index (χ0v) is 19.1. The Balaban J connectivity index is 1.22. The van der Waals surface area contributed by atoms with Gasteiger partial charge in [-0.1, -0.05) is 24.3 Å². The van der Waals surface area contributed by atoms with E-state index < -0.39 is 5.91 Å². The van der Waals surface area contributed by atoms with Crippen molar-refractivity contribution in [1.82, 2.24) is 24.8 Å². The molecule has 0 saturated heterocycles. The number of hydrogen-bond donors (Lipinski definition) is 3. The predicted molar refractivity (Wildman–Crippen MR) is 137 cm³/mol. The number of benzene rings is 1. The Bertz CT molecular complexity index is 1540. The number of anilines is 1. The summed E-state index contributed by atoms with van der Waals surface area (Å²) in [6.07, 6.45) is 13.5. The van der Waals surface area contributed by atoms with E-state index >= 15 is 0 Å². The molecule has 2 amide bonds. The summed E-state index contributed by atoms with van der Waals surface area (Å²) in [5, 5.41) is 5.64. The van der Waals surface area contributed by atoms with Gasteiger partial charge in [-0.05, 0) is 42.0 Å².